The second kappa shape index (κ2) is 14.0. The standard InChI is InChI=1S/C24H38N2O3/c1-3-4-5-6-7-8-9-10-11-12-13-14-20(2)28-22-17-15-21(16-18-22)19-23-25-24(27)29-26-23/h15-18,20H,3-14,19H2,1-2H3,(H,25,26,27). The highest BCUT2D eigenvalue weighted by Gasteiger charge is 2.06. The molecule has 0 amide bonds. The van der Waals surface area contributed by atoms with Crippen LogP contribution in [0.2, 0.25) is 0 Å². The molecule has 2 aromatic rings. The van der Waals surface area contributed by atoms with Gasteiger partial charge in [0.1, 0.15) is 5.75 Å². The Hall–Kier alpha value is -2.04. The van der Waals surface area contributed by atoms with E-state index in [2.05, 4.69) is 28.5 Å². The van der Waals surface area contributed by atoms with Crippen LogP contribution in [-0.2, 0) is 6.42 Å². The van der Waals surface area contributed by atoms with Crippen molar-refractivity contribution in [2.75, 3.05) is 0 Å². The first kappa shape index (κ1) is 23.2. The first-order chi connectivity index (χ1) is 14.2. The van der Waals surface area contributed by atoms with Crippen LogP contribution >= 0.6 is 0 Å². The maximum atomic E-state index is 11.0. The molecule has 1 atom stereocenters. The lowest BCUT2D eigenvalue weighted by Crippen LogP contribution is -2.11. The molecule has 1 unspecified atom stereocenters. The van der Waals surface area contributed by atoms with Crippen LogP contribution in [0.4, 0.5) is 0 Å². The number of nitrogens with one attached hydrogen (secondary N) is 1. The van der Waals surface area contributed by atoms with E-state index in [4.69, 9.17) is 4.74 Å². The molecule has 5 nitrogen and oxygen atoms in total. The highest BCUT2D eigenvalue weighted by Crippen LogP contribution is 2.18. The van der Waals surface area contributed by atoms with E-state index in [0.717, 1.165) is 17.7 Å². The molecular formula is C24H38N2O3. The van der Waals surface area contributed by atoms with Crippen molar-refractivity contribution in [2.24, 2.45) is 0 Å². The SMILES string of the molecule is CCCCCCCCCCCCCC(C)Oc1ccc(Cc2noc(=O)[nH]2)cc1. The summed E-state index contributed by atoms with van der Waals surface area (Å²) in [7, 11) is 0. The molecule has 5 heteroatoms. The van der Waals surface area contributed by atoms with Gasteiger partial charge in [0.05, 0.1) is 6.10 Å². The fourth-order valence-electron chi connectivity index (χ4n) is 3.60. The van der Waals surface area contributed by atoms with Gasteiger partial charge in [0.15, 0.2) is 5.82 Å². The van der Waals surface area contributed by atoms with E-state index < -0.39 is 5.76 Å². The van der Waals surface area contributed by atoms with Crippen molar-refractivity contribution < 1.29 is 9.26 Å². The van der Waals surface area contributed by atoms with Gasteiger partial charge in [-0.3, -0.25) is 9.51 Å². The second-order valence-electron chi connectivity index (χ2n) is 8.12. The Balaban J connectivity index is 1.50. The number of unbranched alkanes of at least 4 members (excludes halogenated alkanes) is 10. The van der Waals surface area contributed by atoms with Crippen molar-refractivity contribution in [1.82, 2.24) is 10.1 Å². The van der Waals surface area contributed by atoms with Crippen molar-refractivity contribution in [1.29, 1.82) is 0 Å². The first-order valence-electron chi connectivity index (χ1n) is 11.5. The van der Waals surface area contributed by atoms with E-state index >= 15 is 0 Å². The van der Waals surface area contributed by atoms with Crippen LogP contribution < -0.4 is 10.5 Å². The topological polar surface area (TPSA) is 68.1 Å². The number of hydrogen-bond donors (Lipinski definition) is 1. The minimum Gasteiger partial charge on any atom is -0.491 e. The van der Waals surface area contributed by atoms with Crippen LogP contribution in [0.15, 0.2) is 33.6 Å². The largest absolute Gasteiger partial charge is 0.491 e. The number of nitrogens with zero attached hydrogens (tertiary/aromatic N) is 1. The second-order valence-corrected chi connectivity index (χ2v) is 8.12. The van der Waals surface area contributed by atoms with Gasteiger partial charge < -0.3 is 4.74 Å². The number of rotatable bonds is 16. The van der Waals surface area contributed by atoms with Crippen LogP contribution in [-0.4, -0.2) is 16.2 Å². The Bertz CT molecular complexity index is 705. The molecule has 0 saturated heterocycles. The normalized spacial score (nSPS) is 12.2. The highest BCUT2D eigenvalue weighted by molar-refractivity contribution is 5.28. The van der Waals surface area contributed by atoms with Gasteiger partial charge in [-0.2, -0.15) is 0 Å². The summed E-state index contributed by atoms with van der Waals surface area (Å²) in [5, 5.41) is 3.69. The van der Waals surface area contributed by atoms with Gasteiger partial charge in [0, 0.05) is 6.42 Å². The molecule has 0 fully saturated rings. The Morgan fingerprint density at radius 1 is 0.931 bits per heavy atom. The molecule has 0 saturated carbocycles. The summed E-state index contributed by atoms with van der Waals surface area (Å²) in [5.41, 5.74) is 1.06. The van der Waals surface area contributed by atoms with E-state index in [1.807, 2.05) is 24.3 Å². The Kier molecular flexibility index (Phi) is 11.2. The van der Waals surface area contributed by atoms with Gasteiger partial charge in [0.25, 0.3) is 0 Å². The smallest absolute Gasteiger partial charge is 0.438 e. The Morgan fingerprint density at radius 2 is 1.52 bits per heavy atom. The van der Waals surface area contributed by atoms with Crippen molar-refractivity contribution in [3.63, 3.8) is 0 Å². The predicted octanol–water partition coefficient (Wildman–Crippen LogP) is 6.42. The van der Waals surface area contributed by atoms with Gasteiger partial charge in [-0.05, 0) is 37.5 Å². The lowest BCUT2D eigenvalue weighted by Gasteiger charge is -2.15. The van der Waals surface area contributed by atoms with Crippen LogP contribution in [0, 0.1) is 0 Å². The summed E-state index contributed by atoms with van der Waals surface area (Å²) in [6, 6.07) is 7.95. The first-order valence-corrected chi connectivity index (χ1v) is 11.5. The minimum absolute atomic E-state index is 0.228. The van der Waals surface area contributed by atoms with Crippen molar-refractivity contribution >= 4 is 0 Å². The van der Waals surface area contributed by atoms with Gasteiger partial charge in [-0.25, -0.2) is 4.79 Å². The van der Waals surface area contributed by atoms with E-state index in [-0.39, 0.29) is 6.10 Å². The molecule has 0 radical (unpaired) electrons. The van der Waals surface area contributed by atoms with E-state index in [9.17, 15) is 4.79 Å². The molecule has 1 aromatic carbocycles. The van der Waals surface area contributed by atoms with Crippen molar-refractivity contribution in [2.45, 2.75) is 103 Å². The van der Waals surface area contributed by atoms with Crippen LogP contribution in [0.5, 0.6) is 5.75 Å². The van der Waals surface area contributed by atoms with Gasteiger partial charge >= 0.3 is 5.76 Å². The molecule has 1 N–H and O–H groups in total. The van der Waals surface area contributed by atoms with E-state index in [1.54, 1.807) is 0 Å². The third-order valence-electron chi connectivity index (χ3n) is 5.33. The summed E-state index contributed by atoms with van der Waals surface area (Å²) in [6.45, 7) is 4.42. The van der Waals surface area contributed by atoms with E-state index in [1.165, 1.54) is 70.6 Å². The van der Waals surface area contributed by atoms with Crippen molar-refractivity contribution in [3.05, 3.63) is 46.2 Å². The number of ether oxygens (including phenoxy) is 1. The molecule has 0 bridgehead atoms. The van der Waals surface area contributed by atoms with Gasteiger partial charge in [-0.1, -0.05) is 88.4 Å². The average Bonchev–Trinajstić information content (AvgIpc) is 3.12. The molecule has 0 aliphatic rings. The maximum Gasteiger partial charge on any atom is 0.438 e. The van der Waals surface area contributed by atoms with Crippen molar-refractivity contribution in [3.8, 4) is 5.75 Å². The summed E-state index contributed by atoms with van der Waals surface area (Å²) >= 11 is 0. The molecule has 2 rings (SSSR count). The third kappa shape index (κ3) is 10.3. The average molecular weight is 403 g/mol. The quantitative estimate of drug-likeness (QED) is 0.329. The Morgan fingerprint density at radius 3 is 2.07 bits per heavy atom. The monoisotopic (exact) mass is 402 g/mol. The van der Waals surface area contributed by atoms with E-state index in [0.29, 0.717) is 12.2 Å². The summed E-state index contributed by atoms with van der Waals surface area (Å²) in [6.07, 6.45) is 16.9. The predicted molar refractivity (Wildman–Crippen MR) is 118 cm³/mol. The van der Waals surface area contributed by atoms with Crippen LogP contribution in [0.3, 0.4) is 0 Å². The van der Waals surface area contributed by atoms with Gasteiger partial charge in [-0.15, -0.1) is 0 Å². The van der Waals surface area contributed by atoms with Crippen LogP contribution in [0.25, 0.3) is 0 Å². The molecule has 1 aromatic heterocycles. The lowest BCUT2D eigenvalue weighted by molar-refractivity contribution is 0.206. The molecule has 0 aliphatic carbocycles. The molecule has 1 heterocycles. The zero-order valence-corrected chi connectivity index (χ0v) is 18.3. The summed E-state index contributed by atoms with van der Waals surface area (Å²) in [5.74, 6) is 0.905. The maximum absolute atomic E-state index is 11.0. The van der Waals surface area contributed by atoms with Crippen LogP contribution in [0.1, 0.15) is 102 Å². The van der Waals surface area contributed by atoms with Gasteiger partial charge in [0.2, 0.25) is 0 Å². The molecule has 29 heavy (non-hydrogen) atoms. The molecule has 0 aliphatic heterocycles. The molecule has 0 spiro atoms. The lowest BCUT2D eigenvalue weighted by atomic mass is 10.0. The number of benzene rings is 1. The number of H-pyrrole nitrogens is 1. The minimum atomic E-state index is -0.517. The Labute approximate surface area is 175 Å². The number of aromatic amines is 1. The number of hydrogen-bond acceptors (Lipinski definition) is 4. The molecule has 162 valence electrons. The zero-order chi connectivity index (χ0) is 20.7. The summed E-state index contributed by atoms with van der Waals surface area (Å²) in [4.78, 5) is 13.5. The zero-order valence-electron chi connectivity index (χ0n) is 18.3. The molecular weight excluding hydrogens is 364 g/mol. The summed E-state index contributed by atoms with van der Waals surface area (Å²) < 4.78 is 10.5. The fraction of sp³-hybridized carbons (Fsp3) is 0.667. The highest BCUT2D eigenvalue weighted by atomic mass is 16.5. The third-order valence-corrected chi connectivity index (χ3v) is 5.33. The number of aromatic nitrogens is 2. The fourth-order valence-corrected chi connectivity index (χ4v) is 3.60.